The molecule has 3 aliphatic heterocycles. The lowest BCUT2D eigenvalue weighted by atomic mass is 9.92. The van der Waals surface area contributed by atoms with E-state index < -0.39 is 0 Å². The molecule has 6 heteroatoms. The molecule has 0 saturated carbocycles. The molecule has 0 N–H and O–H groups in total. The molecule has 3 saturated heterocycles. The van der Waals surface area contributed by atoms with Gasteiger partial charge in [0.05, 0.1) is 0 Å². The minimum atomic E-state index is 0.154. The molecule has 0 spiro atoms. The predicted molar refractivity (Wildman–Crippen MR) is 118 cm³/mol. The lowest BCUT2D eigenvalue weighted by Crippen LogP contribution is -2.53. The van der Waals surface area contributed by atoms with E-state index in [0.29, 0.717) is 11.9 Å². The van der Waals surface area contributed by atoms with Crippen LogP contribution in [0.15, 0.2) is 30.3 Å². The minimum Gasteiger partial charge on any atom is -0.340 e. The molecule has 0 aliphatic carbocycles. The highest BCUT2D eigenvalue weighted by Gasteiger charge is 2.34. The lowest BCUT2D eigenvalue weighted by molar-refractivity contribution is -0.139. The summed E-state index contributed by atoms with van der Waals surface area (Å²) in [7, 11) is 0. The Labute approximate surface area is 180 Å². The summed E-state index contributed by atoms with van der Waals surface area (Å²) in [6.45, 7) is 10.8. The average Bonchev–Trinajstić information content (AvgIpc) is 2.84. The monoisotopic (exact) mass is 412 g/mol. The molecule has 6 nitrogen and oxygen atoms in total. The van der Waals surface area contributed by atoms with Gasteiger partial charge < -0.3 is 19.6 Å². The zero-order valence-electron chi connectivity index (χ0n) is 18.3. The normalized spacial score (nSPS) is 23.0. The Morgan fingerprint density at radius 2 is 1.43 bits per heavy atom. The van der Waals surface area contributed by atoms with Crippen molar-refractivity contribution in [1.29, 1.82) is 0 Å². The molecule has 0 atom stereocenters. The highest BCUT2D eigenvalue weighted by atomic mass is 16.2. The lowest BCUT2D eigenvalue weighted by Gasteiger charge is -2.42. The van der Waals surface area contributed by atoms with E-state index in [2.05, 4.69) is 21.6 Å². The largest absolute Gasteiger partial charge is 0.340 e. The number of likely N-dealkylation sites (N-methyl/N-ethyl adjacent to an activating group) is 1. The van der Waals surface area contributed by atoms with Crippen molar-refractivity contribution in [3.63, 3.8) is 0 Å². The van der Waals surface area contributed by atoms with Crippen LogP contribution < -0.4 is 0 Å². The van der Waals surface area contributed by atoms with E-state index in [4.69, 9.17) is 0 Å². The first kappa shape index (κ1) is 21.3. The molecule has 2 amide bonds. The van der Waals surface area contributed by atoms with Crippen LogP contribution >= 0.6 is 0 Å². The summed E-state index contributed by atoms with van der Waals surface area (Å²) in [5, 5.41) is 0. The Morgan fingerprint density at radius 1 is 0.800 bits per heavy atom. The zero-order valence-corrected chi connectivity index (χ0v) is 18.3. The van der Waals surface area contributed by atoms with Crippen LogP contribution in [0.25, 0.3) is 0 Å². The first-order valence-electron chi connectivity index (χ1n) is 11.7. The average molecular weight is 413 g/mol. The van der Waals surface area contributed by atoms with Crippen molar-refractivity contribution >= 4 is 11.8 Å². The van der Waals surface area contributed by atoms with Gasteiger partial charge >= 0.3 is 0 Å². The number of hydrogen-bond acceptors (Lipinski definition) is 4. The van der Waals surface area contributed by atoms with Gasteiger partial charge in [0, 0.05) is 56.8 Å². The Hall–Kier alpha value is -1.92. The van der Waals surface area contributed by atoms with Gasteiger partial charge in [-0.15, -0.1) is 0 Å². The number of likely N-dealkylation sites (tertiary alicyclic amines) is 2. The van der Waals surface area contributed by atoms with Crippen LogP contribution in [0.1, 0.15) is 43.0 Å². The highest BCUT2D eigenvalue weighted by molar-refractivity contribution is 5.94. The van der Waals surface area contributed by atoms with Gasteiger partial charge in [0.15, 0.2) is 0 Å². The number of carbonyl (C=O) groups is 2. The Morgan fingerprint density at radius 3 is 2.03 bits per heavy atom. The summed E-state index contributed by atoms with van der Waals surface area (Å²) in [5.74, 6) is 0.740. The Balaban J connectivity index is 1.21. The number of amides is 2. The fraction of sp³-hybridized carbons (Fsp3) is 0.667. The van der Waals surface area contributed by atoms with Crippen molar-refractivity contribution in [1.82, 2.24) is 19.6 Å². The van der Waals surface area contributed by atoms with Crippen molar-refractivity contribution in [3.8, 4) is 0 Å². The number of piperazine rings is 1. The van der Waals surface area contributed by atoms with E-state index in [1.807, 2.05) is 35.2 Å². The van der Waals surface area contributed by atoms with Gasteiger partial charge in [-0.1, -0.05) is 25.1 Å². The molecule has 0 radical (unpaired) electrons. The molecule has 0 aromatic heterocycles. The summed E-state index contributed by atoms with van der Waals surface area (Å²) >= 11 is 0. The van der Waals surface area contributed by atoms with Crippen LogP contribution in [-0.4, -0.2) is 96.4 Å². The molecule has 3 heterocycles. The molecule has 30 heavy (non-hydrogen) atoms. The molecule has 0 bridgehead atoms. The molecule has 1 aromatic carbocycles. The quantitative estimate of drug-likeness (QED) is 0.761. The van der Waals surface area contributed by atoms with Crippen molar-refractivity contribution in [3.05, 3.63) is 35.9 Å². The van der Waals surface area contributed by atoms with Crippen molar-refractivity contribution in [2.75, 3.05) is 58.9 Å². The number of piperidine rings is 2. The standard InChI is InChI=1S/C24H36N4O2/c1-2-25-16-18-28(19-17-25)24(30)21-8-12-26(13-9-21)22-10-14-27(15-11-22)23(29)20-6-4-3-5-7-20/h3-7,21-22H,2,8-19H2,1H3. The van der Waals surface area contributed by atoms with Crippen molar-refractivity contribution in [2.45, 2.75) is 38.6 Å². The van der Waals surface area contributed by atoms with Gasteiger partial charge in [0.2, 0.25) is 5.91 Å². The molecule has 3 aliphatic rings. The fourth-order valence-corrected chi connectivity index (χ4v) is 5.25. The second-order valence-electron chi connectivity index (χ2n) is 8.96. The molecule has 0 unspecified atom stereocenters. The maximum Gasteiger partial charge on any atom is 0.253 e. The smallest absolute Gasteiger partial charge is 0.253 e. The molecule has 4 rings (SSSR count). The third-order valence-electron chi connectivity index (χ3n) is 7.30. The van der Waals surface area contributed by atoms with Crippen LogP contribution in [-0.2, 0) is 4.79 Å². The van der Waals surface area contributed by atoms with E-state index >= 15 is 0 Å². The predicted octanol–water partition coefficient (Wildman–Crippen LogP) is 2.17. The number of benzene rings is 1. The fourth-order valence-electron chi connectivity index (χ4n) is 5.25. The van der Waals surface area contributed by atoms with Gasteiger partial charge in [0.25, 0.3) is 5.91 Å². The van der Waals surface area contributed by atoms with Gasteiger partial charge in [-0.2, -0.15) is 0 Å². The van der Waals surface area contributed by atoms with Crippen LogP contribution in [0.3, 0.4) is 0 Å². The Kier molecular flexibility index (Phi) is 7.05. The third-order valence-corrected chi connectivity index (χ3v) is 7.30. The summed E-state index contributed by atoms with van der Waals surface area (Å²) in [6, 6.07) is 10.2. The number of rotatable bonds is 4. The number of nitrogens with zero attached hydrogens (tertiary/aromatic N) is 4. The van der Waals surface area contributed by atoms with E-state index in [1.54, 1.807) is 0 Å². The van der Waals surface area contributed by atoms with Gasteiger partial charge in [-0.05, 0) is 57.5 Å². The van der Waals surface area contributed by atoms with Crippen molar-refractivity contribution < 1.29 is 9.59 Å². The van der Waals surface area contributed by atoms with Gasteiger partial charge in [-0.25, -0.2) is 0 Å². The van der Waals surface area contributed by atoms with Crippen LogP contribution in [0.5, 0.6) is 0 Å². The van der Waals surface area contributed by atoms with Gasteiger partial charge in [0.1, 0.15) is 0 Å². The molecule has 1 aromatic rings. The SMILES string of the molecule is CCN1CCN(C(=O)C2CCN(C3CCN(C(=O)c4ccccc4)CC3)CC2)CC1. The van der Waals surface area contributed by atoms with Gasteiger partial charge in [-0.3, -0.25) is 9.59 Å². The second kappa shape index (κ2) is 9.92. The first-order chi connectivity index (χ1) is 14.7. The number of carbonyl (C=O) groups excluding carboxylic acids is 2. The summed E-state index contributed by atoms with van der Waals surface area (Å²) in [4.78, 5) is 34.7. The molecule has 164 valence electrons. The van der Waals surface area contributed by atoms with E-state index in [-0.39, 0.29) is 11.8 Å². The first-order valence-corrected chi connectivity index (χ1v) is 11.7. The zero-order chi connectivity index (χ0) is 20.9. The van der Waals surface area contributed by atoms with Crippen LogP contribution in [0, 0.1) is 5.92 Å². The summed E-state index contributed by atoms with van der Waals surface area (Å²) < 4.78 is 0. The second-order valence-corrected chi connectivity index (χ2v) is 8.96. The Bertz CT molecular complexity index is 701. The minimum absolute atomic E-state index is 0.154. The third kappa shape index (κ3) is 4.86. The van der Waals surface area contributed by atoms with E-state index in [0.717, 1.165) is 90.1 Å². The van der Waals surface area contributed by atoms with Crippen LogP contribution in [0.4, 0.5) is 0 Å². The number of hydrogen-bond donors (Lipinski definition) is 0. The molecular formula is C24H36N4O2. The molecular weight excluding hydrogens is 376 g/mol. The molecule has 3 fully saturated rings. The maximum absolute atomic E-state index is 12.9. The summed E-state index contributed by atoms with van der Waals surface area (Å²) in [5.41, 5.74) is 0.787. The summed E-state index contributed by atoms with van der Waals surface area (Å²) in [6.07, 6.45) is 4.04. The topological polar surface area (TPSA) is 47.1 Å². The van der Waals surface area contributed by atoms with Crippen molar-refractivity contribution in [2.24, 2.45) is 5.92 Å². The highest BCUT2D eigenvalue weighted by Crippen LogP contribution is 2.26. The van der Waals surface area contributed by atoms with Crippen LogP contribution in [0.2, 0.25) is 0 Å². The van der Waals surface area contributed by atoms with E-state index in [1.165, 1.54) is 0 Å². The maximum atomic E-state index is 12.9. The van der Waals surface area contributed by atoms with E-state index in [9.17, 15) is 9.59 Å².